The summed E-state index contributed by atoms with van der Waals surface area (Å²) in [5.41, 5.74) is -0.316. The smallest absolute Gasteiger partial charge is 0.232 e. The van der Waals surface area contributed by atoms with Crippen LogP contribution in [0.15, 0.2) is 24.3 Å². The Bertz CT molecular complexity index is 746. The Morgan fingerprint density at radius 3 is 2.62 bits per heavy atom. The van der Waals surface area contributed by atoms with Crippen LogP contribution >= 0.6 is 0 Å². The maximum absolute atomic E-state index is 13.8. The van der Waals surface area contributed by atoms with Gasteiger partial charge in [0.2, 0.25) is 15.9 Å². The highest BCUT2D eigenvalue weighted by Gasteiger charge is 2.49. The summed E-state index contributed by atoms with van der Waals surface area (Å²) in [6.07, 6.45) is 1.19. The zero-order valence-corrected chi connectivity index (χ0v) is 14.3. The van der Waals surface area contributed by atoms with E-state index in [-0.39, 0.29) is 31.8 Å². The normalized spacial score (nSPS) is 27.2. The van der Waals surface area contributed by atoms with Gasteiger partial charge >= 0.3 is 0 Å². The number of amides is 1. The largest absolute Gasteiger partial charge is 0.393 e. The lowest BCUT2D eigenvalue weighted by atomic mass is 9.72. The van der Waals surface area contributed by atoms with Gasteiger partial charge < -0.3 is 10.0 Å². The van der Waals surface area contributed by atoms with Gasteiger partial charge in [0.05, 0.1) is 25.1 Å². The second-order valence-corrected chi connectivity index (χ2v) is 8.54. The Morgan fingerprint density at radius 1 is 1.33 bits per heavy atom. The fourth-order valence-corrected chi connectivity index (χ4v) is 4.37. The highest BCUT2D eigenvalue weighted by Crippen LogP contribution is 2.42. The average Bonchev–Trinajstić information content (AvgIpc) is 2.70. The molecule has 0 bridgehead atoms. The fourth-order valence-electron chi connectivity index (χ4n) is 3.42. The maximum atomic E-state index is 13.8. The minimum absolute atomic E-state index is 0.0241. The van der Waals surface area contributed by atoms with Crippen molar-refractivity contribution in [3.63, 3.8) is 0 Å². The topological polar surface area (TPSA) is 77.9 Å². The zero-order chi connectivity index (χ0) is 17.5. The van der Waals surface area contributed by atoms with Gasteiger partial charge in [-0.05, 0) is 24.5 Å². The van der Waals surface area contributed by atoms with Crippen molar-refractivity contribution < 1.29 is 22.7 Å². The summed E-state index contributed by atoms with van der Waals surface area (Å²) >= 11 is 0. The molecule has 1 aliphatic carbocycles. The van der Waals surface area contributed by atoms with Gasteiger partial charge in [0.15, 0.2) is 0 Å². The van der Waals surface area contributed by atoms with Crippen LogP contribution in [0.4, 0.5) is 10.1 Å². The van der Waals surface area contributed by atoms with E-state index in [4.69, 9.17) is 5.11 Å². The van der Waals surface area contributed by atoms with Crippen molar-refractivity contribution in [2.75, 3.05) is 30.3 Å². The zero-order valence-electron chi connectivity index (χ0n) is 13.5. The quantitative estimate of drug-likeness (QED) is 0.873. The average molecular weight is 356 g/mol. The standard InChI is InChI=1S/C16H21FN2O4S/c1-24(22,23)19-7-6-18(10-12-4-2-3-5-14(12)19)15(21)13-8-16(17,9-13)11-20/h2-5,13,20H,6-11H2,1H3. The molecule has 0 atom stereocenters. The molecule has 24 heavy (non-hydrogen) atoms. The van der Waals surface area contributed by atoms with Gasteiger partial charge in [-0.15, -0.1) is 0 Å². The molecule has 2 aliphatic rings. The number of aliphatic hydroxyl groups is 1. The Labute approximate surface area is 140 Å². The predicted octanol–water partition coefficient (Wildman–Crippen LogP) is 0.905. The van der Waals surface area contributed by atoms with Crippen LogP contribution in [0, 0.1) is 5.92 Å². The minimum atomic E-state index is -3.44. The number of carbonyl (C=O) groups is 1. The highest BCUT2D eigenvalue weighted by molar-refractivity contribution is 7.92. The maximum Gasteiger partial charge on any atom is 0.232 e. The van der Waals surface area contributed by atoms with Crippen LogP contribution in [0.2, 0.25) is 0 Å². The summed E-state index contributed by atoms with van der Waals surface area (Å²) in [5, 5.41) is 8.98. The van der Waals surface area contributed by atoms with Crippen LogP contribution in [0.5, 0.6) is 0 Å². The molecule has 132 valence electrons. The van der Waals surface area contributed by atoms with E-state index in [1.165, 1.54) is 4.31 Å². The summed E-state index contributed by atoms with van der Waals surface area (Å²) < 4.78 is 39.2. The molecule has 3 rings (SSSR count). The molecule has 0 saturated heterocycles. The van der Waals surface area contributed by atoms with E-state index in [1.54, 1.807) is 29.2 Å². The molecule has 1 aromatic carbocycles. The van der Waals surface area contributed by atoms with Crippen LogP contribution < -0.4 is 4.31 Å². The number of rotatable bonds is 3. The van der Waals surface area contributed by atoms with Crippen molar-refractivity contribution in [2.45, 2.75) is 25.1 Å². The fraction of sp³-hybridized carbons (Fsp3) is 0.562. The first-order chi connectivity index (χ1) is 11.2. The number of anilines is 1. The van der Waals surface area contributed by atoms with Crippen LogP contribution in [0.3, 0.4) is 0 Å². The lowest BCUT2D eigenvalue weighted by molar-refractivity contribution is -0.147. The first-order valence-electron chi connectivity index (χ1n) is 7.88. The van der Waals surface area contributed by atoms with E-state index in [2.05, 4.69) is 0 Å². The number of para-hydroxylation sites is 1. The van der Waals surface area contributed by atoms with E-state index in [0.29, 0.717) is 12.2 Å². The van der Waals surface area contributed by atoms with Gasteiger partial charge in [-0.1, -0.05) is 18.2 Å². The minimum Gasteiger partial charge on any atom is -0.393 e. The Hall–Kier alpha value is -1.67. The lowest BCUT2D eigenvalue weighted by Gasteiger charge is -2.41. The molecule has 1 saturated carbocycles. The number of carbonyl (C=O) groups excluding carboxylic acids is 1. The van der Waals surface area contributed by atoms with Gasteiger partial charge in [0.1, 0.15) is 5.67 Å². The number of benzene rings is 1. The summed E-state index contributed by atoms with van der Waals surface area (Å²) in [4.78, 5) is 14.2. The second-order valence-electron chi connectivity index (χ2n) is 6.64. The molecule has 1 N–H and O–H groups in total. The molecule has 0 spiro atoms. The molecule has 1 amide bonds. The van der Waals surface area contributed by atoms with Crippen molar-refractivity contribution in [1.29, 1.82) is 0 Å². The van der Waals surface area contributed by atoms with E-state index in [0.717, 1.165) is 11.8 Å². The molecule has 0 radical (unpaired) electrons. The summed E-state index contributed by atoms with van der Waals surface area (Å²) in [6.45, 7) is 0.169. The van der Waals surface area contributed by atoms with Crippen LogP contribution in [0.1, 0.15) is 18.4 Å². The predicted molar refractivity (Wildman–Crippen MR) is 87.7 cm³/mol. The summed E-state index contributed by atoms with van der Waals surface area (Å²) in [6, 6.07) is 7.09. The Kier molecular flexibility index (Phi) is 4.29. The molecular weight excluding hydrogens is 335 g/mol. The number of aliphatic hydroxyl groups excluding tert-OH is 1. The molecule has 1 aromatic rings. The molecule has 0 aromatic heterocycles. The molecule has 1 aliphatic heterocycles. The molecule has 0 unspecified atom stereocenters. The van der Waals surface area contributed by atoms with E-state index < -0.39 is 28.2 Å². The van der Waals surface area contributed by atoms with Crippen molar-refractivity contribution in [1.82, 2.24) is 4.90 Å². The van der Waals surface area contributed by atoms with Crippen molar-refractivity contribution in [3.8, 4) is 0 Å². The lowest BCUT2D eigenvalue weighted by Crippen LogP contribution is -2.51. The van der Waals surface area contributed by atoms with Gasteiger partial charge in [-0.25, -0.2) is 12.8 Å². The molecule has 1 fully saturated rings. The van der Waals surface area contributed by atoms with Crippen LogP contribution in [0.25, 0.3) is 0 Å². The molecule has 6 nitrogen and oxygen atoms in total. The Balaban J connectivity index is 1.81. The van der Waals surface area contributed by atoms with Gasteiger partial charge in [-0.3, -0.25) is 9.10 Å². The molecular formula is C16H21FN2O4S. The number of sulfonamides is 1. The van der Waals surface area contributed by atoms with Gasteiger partial charge in [0.25, 0.3) is 0 Å². The number of nitrogens with zero attached hydrogens (tertiary/aromatic N) is 2. The second kappa shape index (κ2) is 6.00. The summed E-state index contributed by atoms with van der Waals surface area (Å²) in [7, 11) is -3.44. The third-order valence-electron chi connectivity index (χ3n) is 4.76. The number of alkyl halides is 1. The van der Waals surface area contributed by atoms with Crippen LogP contribution in [-0.2, 0) is 21.4 Å². The van der Waals surface area contributed by atoms with E-state index in [1.807, 2.05) is 0 Å². The number of halogens is 1. The van der Waals surface area contributed by atoms with Gasteiger partial charge in [-0.2, -0.15) is 0 Å². The number of fused-ring (bicyclic) bond motifs is 1. The van der Waals surface area contributed by atoms with Crippen molar-refractivity contribution >= 4 is 21.6 Å². The molecule has 1 heterocycles. The van der Waals surface area contributed by atoms with Crippen LogP contribution in [-0.4, -0.2) is 56.0 Å². The number of hydrogen-bond donors (Lipinski definition) is 1. The SMILES string of the molecule is CS(=O)(=O)N1CCN(C(=O)C2CC(F)(CO)C2)Cc2ccccc21. The Morgan fingerprint density at radius 2 is 2.00 bits per heavy atom. The first-order valence-corrected chi connectivity index (χ1v) is 9.72. The summed E-state index contributed by atoms with van der Waals surface area (Å²) in [5.74, 6) is -0.624. The highest BCUT2D eigenvalue weighted by atomic mass is 32.2. The van der Waals surface area contributed by atoms with Crippen molar-refractivity contribution in [2.24, 2.45) is 5.92 Å². The number of hydrogen-bond acceptors (Lipinski definition) is 4. The third kappa shape index (κ3) is 3.12. The van der Waals surface area contributed by atoms with E-state index >= 15 is 0 Å². The third-order valence-corrected chi connectivity index (χ3v) is 5.94. The molecule has 8 heteroatoms. The van der Waals surface area contributed by atoms with E-state index in [9.17, 15) is 17.6 Å². The monoisotopic (exact) mass is 356 g/mol. The van der Waals surface area contributed by atoms with Gasteiger partial charge in [0, 0.05) is 19.0 Å². The first kappa shape index (κ1) is 17.2. The van der Waals surface area contributed by atoms with Crippen molar-refractivity contribution in [3.05, 3.63) is 29.8 Å².